The Hall–Kier alpha value is -2.90. The molecule has 0 bridgehead atoms. The lowest BCUT2D eigenvalue weighted by molar-refractivity contribution is 0.102. The molecule has 1 fully saturated rings. The molecule has 2 aromatic carbocycles. The standard InChI is InChI=1S/C21H19ClN4O2S/c22-18-4-2-1-3-14(18)11-17-12-23-21(29-17)26-19(27)13-5-7-15(8-6-13)24-20(28)25-16-9-10-16/h1-8,12,16H,9-11H2,(H,23,26,27)(H2,24,25,28). The quantitative estimate of drug-likeness (QED) is 0.523. The largest absolute Gasteiger partial charge is 0.335 e. The van der Waals surface area contributed by atoms with Crippen molar-refractivity contribution < 1.29 is 9.59 Å². The van der Waals surface area contributed by atoms with Crippen LogP contribution in [0.1, 0.15) is 33.6 Å². The molecule has 1 heterocycles. The lowest BCUT2D eigenvalue weighted by atomic mass is 10.1. The lowest BCUT2D eigenvalue weighted by Crippen LogP contribution is -2.30. The van der Waals surface area contributed by atoms with E-state index in [0.29, 0.717) is 33.9 Å². The van der Waals surface area contributed by atoms with E-state index in [-0.39, 0.29) is 11.9 Å². The second-order valence-electron chi connectivity index (χ2n) is 6.80. The van der Waals surface area contributed by atoms with Gasteiger partial charge in [0.1, 0.15) is 0 Å². The highest BCUT2D eigenvalue weighted by Crippen LogP contribution is 2.25. The Morgan fingerprint density at radius 2 is 1.83 bits per heavy atom. The van der Waals surface area contributed by atoms with E-state index < -0.39 is 0 Å². The van der Waals surface area contributed by atoms with Gasteiger partial charge in [0.05, 0.1) is 0 Å². The molecule has 3 N–H and O–H groups in total. The van der Waals surface area contributed by atoms with Crippen molar-refractivity contribution in [1.82, 2.24) is 10.3 Å². The van der Waals surface area contributed by atoms with Gasteiger partial charge in [-0.2, -0.15) is 0 Å². The topological polar surface area (TPSA) is 83.1 Å². The molecule has 1 aliphatic rings. The van der Waals surface area contributed by atoms with E-state index in [2.05, 4.69) is 20.9 Å². The fourth-order valence-corrected chi connectivity index (χ4v) is 3.76. The van der Waals surface area contributed by atoms with Crippen molar-refractivity contribution in [3.63, 3.8) is 0 Å². The minimum atomic E-state index is -0.252. The zero-order valence-electron chi connectivity index (χ0n) is 15.4. The predicted octanol–water partition coefficient (Wildman–Crippen LogP) is 4.92. The number of aromatic nitrogens is 1. The van der Waals surface area contributed by atoms with Gasteiger partial charge < -0.3 is 10.6 Å². The van der Waals surface area contributed by atoms with Gasteiger partial charge in [-0.05, 0) is 48.7 Å². The van der Waals surface area contributed by atoms with Gasteiger partial charge in [0.15, 0.2) is 5.13 Å². The molecule has 0 aliphatic heterocycles. The molecule has 3 aromatic rings. The molecule has 29 heavy (non-hydrogen) atoms. The van der Waals surface area contributed by atoms with Gasteiger partial charge in [-0.3, -0.25) is 10.1 Å². The Morgan fingerprint density at radius 3 is 2.55 bits per heavy atom. The summed E-state index contributed by atoms with van der Waals surface area (Å²) < 4.78 is 0. The summed E-state index contributed by atoms with van der Waals surface area (Å²) in [5.41, 5.74) is 2.14. The molecular weight excluding hydrogens is 408 g/mol. The first-order chi connectivity index (χ1) is 14.1. The highest BCUT2D eigenvalue weighted by atomic mass is 35.5. The van der Waals surface area contributed by atoms with Crippen molar-refractivity contribution in [2.24, 2.45) is 0 Å². The van der Waals surface area contributed by atoms with Gasteiger partial charge in [0.25, 0.3) is 5.91 Å². The number of carbonyl (C=O) groups is 2. The first-order valence-electron chi connectivity index (χ1n) is 9.24. The van der Waals surface area contributed by atoms with Gasteiger partial charge in [0.2, 0.25) is 0 Å². The average molecular weight is 427 g/mol. The monoisotopic (exact) mass is 426 g/mol. The molecule has 0 unspecified atom stereocenters. The number of anilines is 2. The number of nitrogens with one attached hydrogen (secondary N) is 3. The molecule has 8 heteroatoms. The number of carbonyl (C=O) groups excluding carboxylic acids is 2. The van der Waals surface area contributed by atoms with Crippen LogP contribution in [0.25, 0.3) is 0 Å². The first kappa shape index (κ1) is 19.4. The van der Waals surface area contributed by atoms with Gasteiger partial charge in [-0.1, -0.05) is 29.8 Å². The second kappa shape index (κ2) is 8.63. The van der Waals surface area contributed by atoms with Crippen molar-refractivity contribution >= 4 is 45.7 Å². The van der Waals surface area contributed by atoms with Gasteiger partial charge in [-0.15, -0.1) is 11.3 Å². The Labute approximate surface area is 177 Å². The van der Waals surface area contributed by atoms with Crippen LogP contribution in [0.2, 0.25) is 5.02 Å². The highest BCUT2D eigenvalue weighted by molar-refractivity contribution is 7.15. The van der Waals surface area contributed by atoms with Crippen LogP contribution in [0.15, 0.2) is 54.7 Å². The van der Waals surface area contributed by atoms with Crippen LogP contribution in [0.3, 0.4) is 0 Å². The summed E-state index contributed by atoms with van der Waals surface area (Å²) >= 11 is 7.62. The molecule has 1 saturated carbocycles. The number of nitrogens with zero attached hydrogens (tertiary/aromatic N) is 1. The van der Waals surface area contributed by atoms with Crippen LogP contribution in [-0.2, 0) is 6.42 Å². The Bertz CT molecular complexity index is 1030. The van der Waals surface area contributed by atoms with E-state index >= 15 is 0 Å². The Morgan fingerprint density at radius 1 is 1.07 bits per heavy atom. The molecule has 0 atom stereocenters. The number of amides is 3. The maximum Gasteiger partial charge on any atom is 0.319 e. The van der Waals surface area contributed by atoms with E-state index in [1.54, 1.807) is 30.5 Å². The van der Waals surface area contributed by atoms with Gasteiger partial charge >= 0.3 is 6.03 Å². The van der Waals surface area contributed by atoms with Crippen molar-refractivity contribution in [3.05, 3.63) is 75.8 Å². The lowest BCUT2D eigenvalue weighted by Gasteiger charge is -2.07. The van der Waals surface area contributed by atoms with Crippen LogP contribution in [0.5, 0.6) is 0 Å². The van der Waals surface area contributed by atoms with Crippen LogP contribution >= 0.6 is 22.9 Å². The number of rotatable bonds is 6. The number of thiazole rings is 1. The predicted molar refractivity (Wildman–Crippen MR) is 116 cm³/mol. The number of halogens is 1. The summed E-state index contributed by atoms with van der Waals surface area (Å²) in [7, 11) is 0. The van der Waals surface area contributed by atoms with E-state index in [1.165, 1.54) is 11.3 Å². The maximum atomic E-state index is 12.5. The van der Waals surface area contributed by atoms with Crippen LogP contribution in [0, 0.1) is 0 Å². The third-order valence-electron chi connectivity index (χ3n) is 4.41. The summed E-state index contributed by atoms with van der Waals surface area (Å²) in [5.74, 6) is -0.252. The smallest absolute Gasteiger partial charge is 0.319 e. The minimum absolute atomic E-state index is 0.224. The molecule has 1 aliphatic carbocycles. The number of urea groups is 1. The van der Waals surface area contributed by atoms with E-state index in [4.69, 9.17) is 11.6 Å². The summed E-state index contributed by atoms with van der Waals surface area (Å²) in [4.78, 5) is 29.5. The fraction of sp³-hybridized carbons (Fsp3) is 0.190. The molecule has 0 saturated heterocycles. The molecular formula is C21H19ClN4O2S. The average Bonchev–Trinajstić information content (AvgIpc) is 3.41. The molecule has 1 aromatic heterocycles. The summed E-state index contributed by atoms with van der Waals surface area (Å²) in [5, 5.41) is 9.66. The number of hydrogen-bond acceptors (Lipinski definition) is 4. The van der Waals surface area contributed by atoms with Gasteiger partial charge in [0, 0.05) is 39.8 Å². The SMILES string of the molecule is O=C(Nc1ccc(C(=O)Nc2ncc(Cc3ccccc3Cl)s2)cc1)NC1CC1. The fourth-order valence-electron chi connectivity index (χ4n) is 2.73. The summed E-state index contributed by atoms with van der Waals surface area (Å²) in [6.07, 6.45) is 4.47. The zero-order chi connectivity index (χ0) is 20.2. The first-order valence-corrected chi connectivity index (χ1v) is 10.4. The Kier molecular flexibility index (Phi) is 5.78. The van der Waals surface area contributed by atoms with Crippen LogP contribution < -0.4 is 16.0 Å². The second-order valence-corrected chi connectivity index (χ2v) is 8.33. The van der Waals surface area contributed by atoms with Crippen molar-refractivity contribution in [1.29, 1.82) is 0 Å². The summed E-state index contributed by atoms with van der Waals surface area (Å²) in [6.45, 7) is 0. The molecule has 0 radical (unpaired) electrons. The van der Waals surface area contributed by atoms with E-state index in [9.17, 15) is 9.59 Å². The van der Waals surface area contributed by atoms with Crippen LogP contribution in [-0.4, -0.2) is 23.0 Å². The summed E-state index contributed by atoms with van der Waals surface area (Å²) in [6, 6.07) is 14.5. The number of benzene rings is 2. The van der Waals surface area contributed by atoms with Crippen molar-refractivity contribution in [2.45, 2.75) is 25.3 Å². The van der Waals surface area contributed by atoms with E-state index in [1.807, 2.05) is 24.3 Å². The highest BCUT2D eigenvalue weighted by Gasteiger charge is 2.23. The van der Waals surface area contributed by atoms with E-state index in [0.717, 1.165) is 23.3 Å². The third-order valence-corrected chi connectivity index (χ3v) is 5.70. The number of hydrogen-bond donors (Lipinski definition) is 3. The molecule has 6 nitrogen and oxygen atoms in total. The molecule has 3 amide bonds. The third kappa shape index (κ3) is 5.34. The van der Waals surface area contributed by atoms with Crippen molar-refractivity contribution in [2.75, 3.05) is 10.6 Å². The normalized spacial score (nSPS) is 13.0. The zero-order valence-corrected chi connectivity index (χ0v) is 17.0. The molecule has 148 valence electrons. The molecule has 4 rings (SSSR count). The van der Waals surface area contributed by atoms with Gasteiger partial charge in [-0.25, -0.2) is 9.78 Å². The van der Waals surface area contributed by atoms with Crippen LogP contribution in [0.4, 0.5) is 15.6 Å². The van der Waals surface area contributed by atoms with Crippen molar-refractivity contribution in [3.8, 4) is 0 Å². The Balaban J connectivity index is 1.33. The maximum absolute atomic E-state index is 12.5. The minimum Gasteiger partial charge on any atom is -0.335 e. The molecule has 0 spiro atoms.